The Balaban J connectivity index is 0.000000214. The van der Waals surface area contributed by atoms with Crippen LogP contribution in [-0.2, 0) is 9.59 Å². The molecule has 12 nitrogen and oxygen atoms in total. The van der Waals surface area contributed by atoms with Gasteiger partial charge in [-0.2, -0.15) is 0 Å². The van der Waals surface area contributed by atoms with Crippen molar-refractivity contribution < 1.29 is 19.1 Å². The van der Waals surface area contributed by atoms with Gasteiger partial charge < -0.3 is 29.9 Å². The maximum absolute atomic E-state index is 13.0. The zero-order valence-corrected chi connectivity index (χ0v) is 34.8. The predicted octanol–water partition coefficient (Wildman–Crippen LogP) is 5.42. The van der Waals surface area contributed by atoms with Crippen LogP contribution in [-0.4, -0.2) is 107 Å². The van der Waals surface area contributed by atoms with Crippen molar-refractivity contribution in [3.05, 3.63) is 107 Å². The van der Waals surface area contributed by atoms with Crippen LogP contribution >= 0.6 is 0 Å². The number of likely N-dealkylation sites (N-methyl/N-ethyl adjacent to an activating group) is 2. The number of aromatic nitrogens is 4. The highest BCUT2D eigenvalue weighted by molar-refractivity contribution is 5.83. The first-order chi connectivity index (χ1) is 26.5. The molecule has 2 amide bonds. The summed E-state index contributed by atoms with van der Waals surface area (Å²) >= 11 is 0. The lowest BCUT2D eigenvalue weighted by Crippen LogP contribution is -2.48. The molecule has 12 heteroatoms. The zero-order valence-electron chi connectivity index (χ0n) is 34.8. The lowest BCUT2D eigenvalue weighted by Gasteiger charge is -2.28. The number of ether oxygens (including phenoxy) is 2. The van der Waals surface area contributed by atoms with Crippen LogP contribution in [0.25, 0.3) is 0 Å². The molecule has 0 bridgehead atoms. The fourth-order valence-electron chi connectivity index (χ4n) is 6.97. The van der Waals surface area contributed by atoms with Gasteiger partial charge in [0, 0.05) is 97.4 Å². The van der Waals surface area contributed by atoms with Crippen molar-refractivity contribution in [2.24, 2.45) is 10.8 Å². The quantitative estimate of drug-likeness (QED) is 0.193. The second-order valence-electron chi connectivity index (χ2n) is 16.9. The van der Waals surface area contributed by atoms with Gasteiger partial charge in [0.2, 0.25) is 23.6 Å². The molecule has 0 radical (unpaired) electrons. The van der Waals surface area contributed by atoms with Crippen LogP contribution in [0, 0.1) is 38.5 Å². The standard InChI is InChI=1S/2C22H30N4O2/c2*1-15-7-6-10-23-20(15)28-14-22(3,4)21(27)25-19-13-26(5)12-18(19)17-9-8-16(2)24-11-17/h2*6-11,18-19H,12-14H2,1-5H3,(H,25,27)/t2*18-,19+/m10/s1. The van der Waals surface area contributed by atoms with Crippen molar-refractivity contribution in [1.29, 1.82) is 0 Å². The van der Waals surface area contributed by atoms with Crippen LogP contribution in [0.5, 0.6) is 11.8 Å². The molecule has 4 aromatic rings. The molecule has 300 valence electrons. The molecule has 2 fully saturated rings. The van der Waals surface area contributed by atoms with E-state index in [-0.39, 0.29) is 48.9 Å². The third-order valence-corrected chi connectivity index (χ3v) is 10.7. The normalized spacial score (nSPS) is 20.2. The summed E-state index contributed by atoms with van der Waals surface area (Å²) in [4.78, 5) is 47.9. The van der Waals surface area contributed by atoms with E-state index in [0.29, 0.717) is 11.8 Å². The van der Waals surface area contributed by atoms with Gasteiger partial charge in [-0.3, -0.25) is 19.6 Å². The average molecular weight is 765 g/mol. The summed E-state index contributed by atoms with van der Waals surface area (Å²) in [5.74, 6) is 1.60. The summed E-state index contributed by atoms with van der Waals surface area (Å²) in [5.41, 5.74) is 4.92. The zero-order chi connectivity index (χ0) is 40.6. The first kappa shape index (κ1) is 42.2. The van der Waals surface area contributed by atoms with Crippen molar-refractivity contribution >= 4 is 11.8 Å². The molecule has 0 unspecified atom stereocenters. The molecule has 2 N–H and O–H groups in total. The Kier molecular flexibility index (Phi) is 13.8. The number of hydrogen-bond donors (Lipinski definition) is 2. The maximum Gasteiger partial charge on any atom is 0.229 e. The Morgan fingerprint density at radius 2 is 1.02 bits per heavy atom. The number of nitrogens with one attached hydrogen (secondary N) is 2. The second kappa shape index (κ2) is 18.3. The van der Waals surface area contributed by atoms with Gasteiger partial charge in [-0.1, -0.05) is 24.3 Å². The van der Waals surface area contributed by atoms with Crippen LogP contribution < -0.4 is 20.1 Å². The number of aryl methyl sites for hydroxylation is 4. The predicted molar refractivity (Wildman–Crippen MR) is 219 cm³/mol. The van der Waals surface area contributed by atoms with Gasteiger partial charge in [-0.25, -0.2) is 9.97 Å². The maximum atomic E-state index is 13.0. The van der Waals surface area contributed by atoms with E-state index in [0.717, 1.165) is 48.7 Å². The molecule has 6 rings (SSSR count). The topological polar surface area (TPSA) is 135 Å². The largest absolute Gasteiger partial charge is 0.476 e. The number of amides is 2. The fraction of sp³-hybridized carbons (Fsp3) is 0.500. The Labute approximate surface area is 332 Å². The van der Waals surface area contributed by atoms with E-state index in [4.69, 9.17) is 9.47 Å². The van der Waals surface area contributed by atoms with Gasteiger partial charge in [0.25, 0.3) is 0 Å². The third kappa shape index (κ3) is 11.1. The lowest BCUT2D eigenvalue weighted by molar-refractivity contribution is -0.132. The highest BCUT2D eigenvalue weighted by Crippen LogP contribution is 2.30. The number of carbonyl (C=O) groups is 2. The summed E-state index contributed by atoms with van der Waals surface area (Å²) in [5, 5.41) is 6.51. The van der Waals surface area contributed by atoms with Crippen LogP contribution in [0.4, 0.5) is 0 Å². The van der Waals surface area contributed by atoms with E-state index in [1.807, 2.05) is 104 Å². The number of hydrogen-bond acceptors (Lipinski definition) is 10. The van der Waals surface area contributed by atoms with Crippen LogP contribution in [0.2, 0.25) is 0 Å². The first-order valence-electron chi connectivity index (χ1n) is 19.5. The van der Waals surface area contributed by atoms with Gasteiger partial charge in [0.15, 0.2) is 0 Å². The van der Waals surface area contributed by atoms with Crippen LogP contribution in [0.15, 0.2) is 73.3 Å². The van der Waals surface area contributed by atoms with Crippen LogP contribution in [0.3, 0.4) is 0 Å². The van der Waals surface area contributed by atoms with Gasteiger partial charge in [-0.15, -0.1) is 0 Å². The minimum atomic E-state index is -0.665. The van der Waals surface area contributed by atoms with E-state index in [1.54, 1.807) is 12.4 Å². The molecule has 4 aromatic heterocycles. The smallest absolute Gasteiger partial charge is 0.229 e. The molecule has 0 aromatic carbocycles. The van der Waals surface area contributed by atoms with Crippen molar-refractivity contribution in [3.63, 3.8) is 0 Å². The summed E-state index contributed by atoms with van der Waals surface area (Å²) in [7, 11) is 4.16. The molecular formula is C44H60N8O4. The van der Waals surface area contributed by atoms with E-state index >= 15 is 0 Å². The van der Waals surface area contributed by atoms with Gasteiger partial charge in [0.05, 0.1) is 10.8 Å². The summed E-state index contributed by atoms with van der Waals surface area (Å²) in [6.07, 6.45) is 7.25. The molecule has 0 aliphatic carbocycles. The van der Waals surface area contributed by atoms with E-state index in [1.165, 1.54) is 11.1 Å². The lowest BCUT2D eigenvalue weighted by atomic mass is 9.90. The minimum Gasteiger partial charge on any atom is -0.476 e. The molecule has 2 saturated heterocycles. The first-order valence-corrected chi connectivity index (χ1v) is 19.5. The molecule has 0 saturated carbocycles. The summed E-state index contributed by atoms with van der Waals surface area (Å²) in [6, 6.07) is 16.0. The van der Waals surface area contributed by atoms with Crippen LogP contribution in [0.1, 0.15) is 73.2 Å². The van der Waals surface area contributed by atoms with Crippen molar-refractivity contribution in [2.45, 2.75) is 79.3 Å². The second-order valence-corrected chi connectivity index (χ2v) is 16.9. The fourth-order valence-corrected chi connectivity index (χ4v) is 6.97. The highest BCUT2D eigenvalue weighted by atomic mass is 16.5. The molecule has 56 heavy (non-hydrogen) atoms. The summed E-state index contributed by atoms with van der Waals surface area (Å²) < 4.78 is 11.7. The monoisotopic (exact) mass is 764 g/mol. The molecule has 2 aliphatic heterocycles. The van der Waals surface area contributed by atoms with E-state index in [9.17, 15) is 9.59 Å². The van der Waals surface area contributed by atoms with Crippen molar-refractivity contribution in [3.8, 4) is 11.8 Å². The van der Waals surface area contributed by atoms with E-state index in [2.05, 4.69) is 66.6 Å². The average Bonchev–Trinajstić information content (AvgIpc) is 3.72. The SMILES string of the molecule is Cc1ccc([C@@H]2CN(C)C[C@H]2NC(=O)C(C)(C)COc2ncccc2C)cn1.Cc1ccc([C@H]2CN(C)C[C@@H]2NC(=O)C(C)(C)COc2ncccc2C)cn1. The third-order valence-electron chi connectivity index (χ3n) is 10.7. The van der Waals surface area contributed by atoms with Crippen molar-refractivity contribution in [1.82, 2.24) is 40.4 Å². The van der Waals surface area contributed by atoms with Gasteiger partial charge in [-0.05, 0) is 105 Å². The van der Waals surface area contributed by atoms with Gasteiger partial charge in [0.1, 0.15) is 13.2 Å². The number of nitrogens with zero attached hydrogens (tertiary/aromatic N) is 6. The number of rotatable bonds is 12. The Bertz CT molecular complexity index is 1780. The Hall–Kier alpha value is -4.94. The molecule has 0 spiro atoms. The molecule has 2 aliphatic rings. The number of carbonyl (C=O) groups excluding carboxylic acids is 2. The Morgan fingerprint density at radius 1 is 0.625 bits per heavy atom. The minimum absolute atomic E-state index is 0.00791. The molecular weight excluding hydrogens is 705 g/mol. The van der Waals surface area contributed by atoms with Crippen molar-refractivity contribution in [2.75, 3.05) is 53.5 Å². The number of pyridine rings is 4. The molecule has 6 heterocycles. The Morgan fingerprint density at radius 3 is 1.36 bits per heavy atom. The van der Waals surface area contributed by atoms with Gasteiger partial charge >= 0.3 is 0 Å². The number of likely N-dealkylation sites (tertiary alicyclic amines) is 2. The highest BCUT2D eigenvalue weighted by Gasteiger charge is 2.39. The van der Waals surface area contributed by atoms with E-state index < -0.39 is 10.8 Å². The summed E-state index contributed by atoms with van der Waals surface area (Å²) in [6.45, 7) is 19.5. The molecule has 4 atom stereocenters.